The minimum atomic E-state index is -4.39. The zero-order valence-corrected chi connectivity index (χ0v) is 15.6. The molecule has 0 radical (unpaired) electrons. The third-order valence-corrected chi connectivity index (χ3v) is 4.49. The number of esters is 1. The molecule has 2 aromatic rings. The molecule has 0 spiro atoms. The van der Waals surface area contributed by atoms with Crippen LogP contribution in [-0.2, 0) is 11.0 Å². The molecule has 5 nitrogen and oxygen atoms in total. The van der Waals surface area contributed by atoms with Crippen LogP contribution in [0.25, 0.3) is 0 Å². The van der Waals surface area contributed by atoms with E-state index in [4.69, 9.17) is 9.47 Å². The summed E-state index contributed by atoms with van der Waals surface area (Å²) in [6, 6.07) is 7.84. The van der Waals surface area contributed by atoms with Crippen molar-refractivity contribution in [3.05, 3.63) is 47.7 Å². The van der Waals surface area contributed by atoms with E-state index in [0.29, 0.717) is 43.2 Å². The Hall–Kier alpha value is -2.77. The molecule has 3 rings (SSSR count). The molecule has 0 saturated carbocycles. The first-order chi connectivity index (χ1) is 13.2. The summed E-state index contributed by atoms with van der Waals surface area (Å²) in [6.07, 6.45) is -2.26. The van der Waals surface area contributed by atoms with E-state index in [1.54, 1.807) is 12.1 Å². The molecule has 1 fully saturated rings. The number of piperidine rings is 1. The van der Waals surface area contributed by atoms with Crippen LogP contribution in [-0.4, -0.2) is 30.1 Å². The summed E-state index contributed by atoms with van der Waals surface area (Å²) in [5.74, 6) is 0.993. The molecule has 1 aromatic heterocycles. The van der Waals surface area contributed by atoms with Gasteiger partial charge in [0.05, 0.1) is 5.56 Å². The van der Waals surface area contributed by atoms with E-state index in [2.05, 4.69) is 4.98 Å². The average molecular weight is 394 g/mol. The summed E-state index contributed by atoms with van der Waals surface area (Å²) >= 11 is 0. The Morgan fingerprint density at radius 1 is 1.14 bits per heavy atom. The van der Waals surface area contributed by atoms with Crippen molar-refractivity contribution < 1.29 is 27.4 Å². The van der Waals surface area contributed by atoms with Crippen molar-refractivity contribution in [2.75, 3.05) is 18.0 Å². The molecular weight excluding hydrogens is 373 g/mol. The third kappa shape index (κ3) is 4.94. The molecule has 1 aliphatic heterocycles. The number of benzene rings is 1. The second-order valence-corrected chi connectivity index (χ2v) is 6.75. The number of hydrogen-bond acceptors (Lipinski definition) is 5. The van der Waals surface area contributed by atoms with Gasteiger partial charge in [0.15, 0.2) is 11.5 Å². The number of anilines is 1. The number of carbonyl (C=O) groups excluding carboxylic acids is 1. The van der Waals surface area contributed by atoms with E-state index < -0.39 is 17.7 Å². The number of rotatable bonds is 4. The summed E-state index contributed by atoms with van der Waals surface area (Å²) in [6.45, 7) is 4.45. The lowest BCUT2D eigenvalue weighted by molar-refractivity contribution is -0.137. The molecule has 0 atom stereocenters. The van der Waals surface area contributed by atoms with Crippen molar-refractivity contribution in [1.29, 1.82) is 0 Å². The fourth-order valence-corrected chi connectivity index (χ4v) is 3.07. The molecule has 0 unspecified atom stereocenters. The van der Waals surface area contributed by atoms with Crippen LogP contribution in [0.3, 0.4) is 0 Å². The van der Waals surface area contributed by atoms with Crippen molar-refractivity contribution in [3.8, 4) is 11.5 Å². The normalized spacial score (nSPS) is 15.4. The van der Waals surface area contributed by atoms with Crippen molar-refractivity contribution >= 4 is 11.8 Å². The zero-order chi connectivity index (χ0) is 20.3. The molecule has 0 N–H and O–H groups in total. The van der Waals surface area contributed by atoms with Gasteiger partial charge in [-0.3, -0.25) is 4.79 Å². The van der Waals surface area contributed by atoms with Crippen LogP contribution < -0.4 is 14.4 Å². The first-order valence-corrected chi connectivity index (χ1v) is 8.96. The molecule has 2 heterocycles. The molecule has 0 bridgehead atoms. The molecule has 1 aromatic carbocycles. The number of ether oxygens (including phenoxy) is 2. The summed E-state index contributed by atoms with van der Waals surface area (Å²) in [7, 11) is 0. The highest BCUT2D eigenvalue weighted by molar-refractivity contribution is 5.70. The van der Waals surface area contributed by atoms with E-state index in [-0.39, 0.29) is 6.10 Å². The predicted octanol–water partition coefficient (Wildman–Crippen LogP) is 4.38. The summed E-state index contributed by atoms with van der Waals surface area (Å²) in [5.41, 5.74) is 0.193. The van der Waals surface area contributed by atoms with Crippen LogP contribution in [0, 0.1) is 6.92 Å². The van der Waals surface area contributed by atoms with Gasteiger partial charge in [0, 0.05) is 39.1 Å². The van der Waals surface area contributed by atoms with Gasteiger partial charge in [-0.2, -0.15) is 13.2 Å². The predicted molar refractivity (Wildman–Crippen MR) is 97.6 cm³/mol. The third-order valence-electron chi connectivity index (χ3n) is 4.49. The number of hydrogen-bond donors (Lipinski definition) is 0. The van der Waals surface area contributed by atoms with Crippen LogP contribution in [0.4, 0.5) is 19.0 Å². The molecule has 150 valence electrons. The van der Waals surface area contributed by atoms with Gasteiger partial charge in [-0.15, -0.1) is 0 Å². The average Bonchev–Trinajstić information content (AvgIpc) is 2.63. The smallest absolute Gasteiger partial charge is 0.417 e. The Bertz CT molecular complexity index is 830. The van der Waals surface area contributed by atoms with E-state index in [0.717, 1.165) is 17.8 Å². The Morgan fingerprint density at radius 2 is 1.86 bits per heavy atom. The number of alkyl halides is 3. The lowest BCUT2D eigenvalue weighted by Crippen LogP contribution is -2.38. The van der Waals surface area contributed by atoms with Crippen LogP contribution in [0.1, 0.15) is 30.9 Å². The minimum absolute atomic E-state index is 0.0808. The molecule has 1 aliphatic rings. The van der Waals surface area contributed by atoms with Crippen molar-refractivity contribution in [2.45, 2.75) is 39.0 Å². The monoisotopic (exact) mass is 394 g/mol. The van der Waals surface area contributed by atoms with Gasteiger partial charge in [-0.25, -0.2) is 4.98 Å². The number of carbonyl (C=O) groups is 1. The fourth-order valence-electron chi connectivity index (χ4n) is 3.07. The maximum absolute atomic E-state index is 12.7. The van der Waals surface area contributed by atoms with Gasteiger partial charge in [0.25, 0.3) is 0 Å². The summed E-state index contributed by atoms with van der Waals surface area (Å²) < 4.78 is 49.2. The second kappa shape index (κ2) is 8.08. The van der Waals surface area contributed by atoms with Gasteiger partial charge in [0.1, 0.15) is 11.9 Å². The number of aryl methyl sites for hydroxylation is 1. The molecular formula is C20H21F3N2O3. The highest BCUT2D eigenvalue weighted by Gasteiger charge is 2.31. The quantitative estimate of drug-likeness (QED) is 0.569. The maximum atomic E-state index is 12.7. The summed E-state index contributed by atoms with van der Waals surface area (Å²) in [5, 5.41) is 0. The van der Waals surface area contributed by atoms with Crippen LogP contribution in [0.5, 0.6) is 11.5 Å². The minimum Gasteiger partial charge on any atom is -0.486 e. The highest BCUT2D eigenvalue weighted by atomic mass is 19.4. The highest BCUT2D eigenvalue weighted by Crippen LogP contribution is 2.32. The van der Waals surface area contributed by atoms with Gasteiger partial charge in [-0.05, 0) is 36.8 Å². The first kappa shape index (κ1) is 20.0. The van der Waals surface area contributed by atoms with Crippen molar-refractivity contribution in [1.82, 2.24) is 4.98 Å². The molecule has 0 aliphatic carbocycles. The Labute approximate surface area is 161 Å². The lowest BCUT2D eigenvalue weighted by Gasteiger charge is -2.33. The Kier molecular flexibility index (Phi) is 5.76. The number of halogens is 3. The molecule has 1 saturated heterocycles. The van der Waals surface area contributed by atoms with Crippen molar-refractivity contribution in [2.24, 2.45) is 0 Å². The van der Waals surface area contributed by atoms with Gasteiger partial charge >= 0.3 is 12.1 Å². The van der Waals surface area contributed by atoms with Gasteiger partial charge in [-0.1, -0.05) is 6.07 Å². The maximum Gasteiger partial charge on any atom is 0.417 e. The topological polar surface area (TPSA) is 51.7 Å². The number of aromatic nitrogens is 1. The molecule has 28 heavy (non-hydrogen) atoms. The van der Waals surface area contributed by atoms with Crippen LogP contribution in [0.2, 0.25) is 0 Å². The Balaban J connectivity index is 1.61. The van der Waals surface area contributed by atoms with Gasteiger partial charge in [0.2, 0.25) is 0 Å². The van der Waals surface area contributed by atoms with Crippen LogP contribution in [0.15, 0.2) is 36.5 Å². The zero-order valence-electron chi connectivity index (χ0n) is 15.6. The van der Waals surface area contributed by atoms with E-state index in [9.17, 15) is 18.0 Å². The van der Waals surface area contributed by atoms with E-state index in [1.165, 1.54) is 13.0 Å². The van der Waals surface area contributed by atoms with Crippen LogP contribution >= 0.6 is 0 Å². The van der Waals surface area contributed by atoms with E-state index >= 15 is 0 Å². The Morgan fingerprint density at radius 3 is 2.43 bits per heavy atom. The summed E-state index contributed by atoms with van der Waals surface area (Å²) in [4.78, 5) is 17.2. The van der Waals surface area contributed by atoms with E-state index in [1.807, 2.05) is 17.9 Å². The molecule has 0 amide bonds. The SMILES string of the molecule is CC(=O)Oc1cc(C)ccc1OC1CCN(c2ccc(C(F)(F)F)cn2)CC1. The number of pyridine rings is 1. The standard InChI is InChI=1S/C20H21F3N2O3/c1-13-3-5-17(18(11-13)27-14(2)26)28-16-7-9-25(10-8-16)19-6-4-15(12-24-19)20(21,22)23/h3-6,11-12,16H,7-10H2,1-2H3. The second-order valence-electron chi connectivity index (χ2n) is 6.75. The lowest BCUT2D eigenvalue weighted by atomic mass is 10.1. The van der Waals surface area contributed by atoms with Gasteiger partial charge < -0.3 is 14.4 Å². The first-order valence-electron chi connectivity index (χ1n) is 8.96. The molecule has 8 heteroatoms. The fraction of sp³-hybridized carbons (Fsp3) is 0.400. The van der Waals surface area contributed by atoms with Crippen molar-refractivity contribution in [3.63, 3.8) is 0 Å². The number of nitrogens with zero attached hydrogens (tertiary/aromatic N) is 2. The largest absolute Gasteiger partial charge is 0.486 e.